The number of aromatic nitrogens is 1. The highest BCUT2D eigenvalue weighted by Gasteiger charge is 2.21. The lowest BCUT2D eigenvalue weighted by atomic mass is 9.97. The summed E-state index contributed by atoms with van der Waals surface area (Å²) in [5.74, 6) is 1.58. The molecule has 6 heteroatoms. The molecule has 1 N–H and O–H groups in total. The Hall–Kier alpha value is -1.69. The predicted octanol–water partition coefficient (Wildman–Crippen LogP) is 2.12. The largest absolute Gasteiger partial charge is 0.357 e. The van der Waals surface area contributed by atoms with Crippen molar-refractivity contribution in [3.05, 3.63) is 27.9 Å². The second-order valence-electron chi connectivity index (χ2n) is 5.27. The number of aryl methyl sites for hydroxylation is 1. The number of hydrogen-bond acceptors (Lipinski definition) is 5. The summed E-state index contributed by atoms with van der Waals surface area (Å²) in [5.41, 5.74) is 0.582. The smallest absolute Gasteiger partial charge is 0.290 e. The summed E-state index contributed by atoms with van der Waals surface area (Å²) in [5, 5.41) is 14.2. The lowest BCUT2D eigenvalue weighted by molar-refractivity contribution is -0.385. The van der Waals surface area contributed by atoms with Crippen LogP contribution in [-0.2, 0) is 0 Å². The molecule has 0 aromatic carbocycles. The molecule has 2 rings (SSSR count). The highest BCUT2D eigenvalue weighted by Crippen LogP contribution is 2.24. The molecule has 0 unspecified atom stereocenters. The molecule has 110 valence electrons. The van der Waals surface area contributed by atoms with Crippen LogP contribution in [-0.4, -0.2) is 36.1 Å². The minimum absolute atomic E-state index is 0.0933. The summed E-state index contributed by atoms with van der Waals surface area (Å²) in [6, 6.07) is 3.32. The Morgan fingerprint density at radius 3 is 2.70 bits per heavy atom. The fourth-order valence-corrected chi connectivity index (χ4v) is 2.62. The van der Waals surface area contributed by atoms with Crippen LogP contribution in [0.2, 0.25) is 0 Å². The van der Waals surface area contributed by atoms with Gasteiger partial charge in [0.2, 0.25) is 0 Å². The second-order valence-corrected chi connectivity index (χ2v) is 5.27. The Morgan fingerprint density at radius 1 is 1.45 bits per heavy atom. The van der Waals surface area contributed by atoms with E-state index in [-0.39, 0.29) is 10.6 Å². The third-order valence-corrected chi connectivity index (χ3v) is 3.86. The van der Waals surface area contributed by atoms with E-state index in [0.29, 0.717) is 5.69 Å². The van der Waals surface area contributed by atoms with Gasteiger partial charge in [0.05, 0.1) is 4.92 Å². The molecule has 6 nitrogen and oxygen atoms in total. The zero-order chi connectivity index (χ0) is 14.5. The Bertz CT molecular complexity index is 470. The van der Waals surface area contributed by atoms with Gasteiger partial charge in [0.1, 0.15) is 11.5 Å². The molecule has 20 heavy (non-hydrogen) atoms. The lowest BCUT2D eigenvalue weighted by Gasteiger charge is -2.33. The van der Waals surface area contributed by atoms with Gasteiger partial charge >= 0.3 is 0 Å². The molecule has 1 saturated heterocycles. The molecule has 0 saturated carbocycles. The van der Waals surface area contributed by atoms with Crippen LogP contribution in [0.25, 0.3) is 0 Å². The van der Waals surface area contributed by atoms with E-state index in [1.54, 1.807) is 19.1 Å². The predicted molar refractivity (Wildman–Crippen MR) is 79.1 cm³/mol. The minimum atomic E-state index is -0.380. The fourth-order valence-electron chi connectivity index (χ4n) is 2.62. The van der Waals surface area contributed by atoms with E-state index >= 15 is 0 Å². The van der Waals surface area contributed by atoms with Crippen LogP contribution in [0.15, 0.2) is 12.1 Å². The number of rotatable bonds is 5. The number of pyridine rings is 1. The maximum Gasteiger partial charge on any atom is 0.290 e. The van der Waals surface area contributed by atoms with Crippen LogP contribution < -0.4 is 10.2 Å². The zero-order valence-corrected chi connectivity index (χ0v) is 12.1. The van der Waals surface area contributed by atoms with E-state index in [4.69, 9.17) is 0 Å². The van der Waals surface area contributed by atoms with Gasteiger partial charge in [0.15, 0.2) is 0 Å². The van der Waals surface area contributed by atoms with Crippen molar-refractivity contribution in [2.75, 3.05) is 31.1 Å². The van der Waals surface area contributed by atoms with Crippen LogP contribution in [0.1, 0.15) is 25.5 Å². The average Bonchev–Trinajstić information content (AvgIpc) is 2.45. The SMILES string of the molecule is CCNCC1CCN(c2ccc([N+](=O)[O-])c(C)n2)CC1. The molecule has 0 amide bonds. The van der Waals surface area contributed by atoms with E-state index < -0.39 is 0 Å². The summed E-state index contributed by atoms with van der Waals surface area (Å²) in [6.45, 7) is 7.86. The molecule has 1 aromatic heterocycles. The molecule has 0 spiro atoms. The summed E-state index contributed by atoms with van der Waals surface area (Å²) in [4.78, 5) is 17.0. The van der Waals surface area contributed by atoms with Crippen molar-refractivity contribution in [3.8, 4) is 0 Å². The van der Waals surface area contributed by atoms with Gasteiger partial charge in [0, 0.05) is 19.2 Å². The van der Waals surface area contributed by atoms with Gasteiger partial charge in [-0.05, 0) is 44.8 Å². The van der Waals surface area contributed by atoms with Crippen molar-refractivity contribution in [1.82, 2.24) is 10.3 Å². The second kappa shape index (κ2) is 6.65. The number of piperidine rings is 1. The van der Waals surface area contributed by atoms with Crippen LogP contribution in [0, 0.1) is 23.0 Å². The highest BCUT2D eigenvalue weighted by molar-refractivity contribution is 5.47. The molecule has 0 bridgehead atoms. The van der Waals surface area contributed by atoms with E-state index in [2.05, 4.69) is 22.1 Å². The number of hydrogen-bond donors (Lipinski definition) is 1. The van der Waals surface area contributed by atoms with Crippen molar-refractivity contribution >= 4 is 11.5 Å². The Morgan fingerprint density at radius 2 is 2.15 bits per heavy atom. The van der Waals surface area contributed by atoms with Crippen molar-refractivity contribution in [2.24, 2.45) is 5.92 Å². The maximum atomic E-state index is 10.8. The third-order valence-electron chi connectivity index (χ3n) is 3.86. The van der Waals surface area contributed by atoms with Crippen LogP contribution in [0.3, 0.4) is 0 Å². The molecule has 0 radical (unpaired) electrons. The van der Waals surface area contributed by atoms with E-state index in [1.807, 2.05) is 0 Å². The Kier molecular flexibility index (Phi) is 4.89. The van der Waals surface area contributed by atoms with Gasteiger partial charge in [-0.15, -0.1) is 0 Å². The average molecular weight is 278 g/mol. The fraction of sp³-hybridized carbons (Fsp3) is 0.643. The number of nitrogens with one attached hydrogen (secondary N) is 1. The van der Waals surface area contributed by atoms with Crippen molar-refractivity contribution in [2.45, 2.75) is 26.7 Å². The third kappa shape index (κ3) is 3.45. The summed E-state index contributed by atoms with van der Waals surface area (Å²) in [7, 11) is 0. The Labute approximate surface area is 119 Å². The summed E-state index contributed by atoms with van der Waals surface area (Å²) in [6.07, 6.45) is 2.29. The van der Waals surface area contributed by atoms with Gasteiger partial charge in [0.25, 0.3) is 5.69 Å². The van der Waals surface area contributed by atoms with Crippen LogP contribution >= 0.6 is 0 Å². The van der Waals surface area contributed by atoms with E-state index in [0.717, 1.165) is 50.8 Å². The first-order valence-corrected chi connectivity index (χ1v) is 7.19. The van der Waals surface area contributed by atoms with E-state index in [9.17, 15) is 10.1 Å². The standard InChI is InChI=1S/C14H22N4O2/c1-3-15-10-12-6-8-17(9-7-12)14-5-4-13(18(19)20)11(2)16-14/h4-5,12,15H,3,6-10H2,1-2H3. The molecular weight excluding hydrogens is 256 g/mol. The first-order valence-electron chi connectivity index (χ1n) is 7.19. The van der Waals surface area contributed by atoms with Crippen molar-refractivity contribution in [1.29, 1.82) is 0 Å². The van der Waals surface area contributed by atoms with Crippen molar-refractivity contribution in [3.63, 3.8) is 0 Å². The molecule has 2 heterocycles. The number of nitrogens with zero attached hydrogens (tertiary/aromatic N) is 3. The van der Waals surface area contributed by atoms with Gasteiger partial charge in [-0.3, -0.25) is 10.1 Å². The molecule has 0 aliphatic carbocycles. The summed E-state index contributed by atoms with van der Waals surface area (Å²) < 4.78 is 0. The van der Waals surface area contributed by atoms with Gasteiger partial charge in [-0.25, -0.2) is 4.98 Å². The van der Waals surface area contributed by atoms with Gasteiger partial charge in [-0.2, -0.15) is 0 Å². The molecule has 1 aromatic rings. The zero-order valence-electron chi connectivity index (χ0n) is 12.1. The van der Waals surface area contributed by atoms with Crippen LogP contribution in [0.4, 0.5) is 11.5 Å². The monoisotopic (exact) mass is 278 g/mol. The minimum Gasteiger partial charge on any atom is -0.357 e. The number of nitro groups is 1. The first-order chi connectivity index (χ1) is 9.61. The maximum absolute atomic E-state index is 10.8. The summed E-state index contributed by atoms with van der Waals surface area (Å²) >= 11 is 0. The van der Waals surface area contributed by atoms with Crippen molar-refractivity contribution < 1.29 is 4.92 Å². The first kappa shape index (κ1) is 14.7. The van der Waals surface area contributed by atoms with Crippen LogP contribution in [0.5, 0.6) is 0 Å². The molecule has 0 atom stereocenters. The van der Waals surface area contributed by atoms with E-state index in [1.165, 1.54) is 0 Å². The highest BCUT2D eigenvalue weighted by atomic mass is 16.6. The van der Waals surface area contributed by atoms with Gasteiger partial charge in [-0.1, -0.05) is 6.92 Å². The number of anilines is 1. The molecule has 1 aliphatic rings. The molecular formula is C14H22N4O2. The molecule has 1 aliphatic heterocycles. The quantitative estimate of drug-likeness (QED) is 0.660. The van der Waals surface area contributed by atoms with Gasteiger partial charge < -0.3 is 10.2 Å². The molecule has 1 fully saturated rings. The Balaban J connectivity index is 1.97. The normalized spacial score (nSPS) is 16.4. The topological polar surface area (TPSA) is 71.3 Å². The lowest BCUT2D eigenvalue weighted by Crippen LogP contribution is -2.37.